The fourth-order valence-electron chi connectivity index (χ4n) is 2.59. The van der Waals surface area contributed by atoms with Crippen molar-refractivity contribution >= 4 is 22.6 Å². The zero-order valence-electron chi connectivity index (χ0n) is 12.6. The van der Waals surface area contributed by atoms with Gasteiger partial charge in [-0.3, -0.25) is 0 Å². The predicted octanol–water partition coefficient (Wildman–Crippen LogP) is 4.89. The Hall–Kier alpha value is -2.31. The molecular formula is C18H16ClN3. The number of nitriles is 1. The van der Waals surface area contributed by atoms with Crippen molar-refractivity contribution in [2.75, 3.05) is 0 Å². The summed E-state index contributed by atoms with van der Waals surface area (Å²) >= 11 is 5.97. The Morgan fingerprint density at radius 3 is 2.50 bits per heavy atom. The van der Waals surface area contributed by atoms with E-state index in [9.17, 15) is 0 Å². The molecule has 0 unspecified atom stereocenters. The molecule has 0 N–H and O–H groups in total. The maximum Gasteiger partial charge on any atom is 0.141 e. The van der Waals surface area contributed by atoms with Gasteiger partial charge in [-0.05, 0) is 61.4 Å². The predicted molar refractivity (Wildman–Crippen MR) is 89.9 cm³/mol. The molecule has 0 atom stereocenters. The van der Waals surface area contributed by atoms with Gasteiger partial charge in [0.2, 0.25) is 0 Å². The van der Waals surface area contributed by atoms with Crippen LogP contribution in [0, 0.1) is 25.2 Å². The maximum atomic E-state index is 8.93. The van der Waals surface area contributed by atoms with Crippen LogP contribution in [0.2, 0.25) is 5.02 Å². The van der Waals surface area contributed by atoms with Crippen LogP contribution in [0.4, 0.5) is 0 Å². The Labute approximate surface area is 134 Å². The third-order valence-electron chi connectivity index (χ3n) is 3.91. The van der Waals surface area contributed by atoms with Gasteiger partial charge in [-0.15, -0.1) is 0 Å². The molecule has 22 heavy (non-hydrogen) atoms. The molecule has 0 amide bonds. The fraction of sp³-hybridized carbons (Fsp3) is 0.222. The van der Waals surface area contributed by atoms with Crippen molar-refractivity contribution in [1.82, 2.24) is 9.55 Å². The van der Waals surface area contributed by atoms with Crippen LogP contribution >= 0.6 is 11.6 Å². The highest BCUT2D eigenvalue weighted by Gasteiger charge is 2.13. The van der Waals surface area contributed by atoms with Crippen molar-refractivity contribution in [3.05, 3.63) is 52.5 Å². The van der Waals surface area contributed by atoms with Gasteiger partial charge >= 0.3 is 0 Å². The lowest BCUT2D eigenvalue weighted by atomic mass is 10.1. The molecule has 1 aromatic heterocycles. The number of rotatable bonds is 3. The van der Waals surface area contributed by atoms with E-state index in [4.69, 9.17) is 21.8 Å². The molecular weight excluding hydrogens is 294 g/mol. The molecule has 0 bridgehead atoms. The van der Waals surface area contributed by atoms with E-state index >= 15 is 0 Å². The second-order valence-electron chi connectivity index (χ2n) is 5.43. The minimum atomic E-state index is 0.457. The van der Waals surface area contributed by atoms with Gasteiger partial charge in [0.05, 0.1) is 23.5 Å². The minimum Gasteiger partial charge on any atom is -0.323 e. The lowest BCUT2D eigenvalue weighted by molar-refractivity contribution is 0.744. The second-order valence-corrected chi connectivity index (χ2v) is 5.86. The van der Waals surface area contributed by atoms with Crippen LogP contribution in [-0.2, 0) is 6.54 Å². The highest BCUT2D eigenvalue weighted by atomic mass is 35.5. The molecule has 0 saturated heterocycles. The van der Waals surface area contributed by atoms with E-state index in [-0.39, 0.29) is 0 Å². The van der Waals surface area contributed by atoms with Crippen LogP contribution in [0.5, 0.6) is 0 Å². The van der Waals surface area contributed by atoms with Gasteiger partial charge in [0, 0.05) is 17.1 Å². The van der Waals surface area contributed by atoms with E-state index in [0.717, 1.165) is 22.4 Å². The summed E-state index contributed by atoms with van der Waals surface area (Å²) in [7, 11) is 0. The molecule has 1 heterocycles. The largest absolute Gasteiger partial charge is 0.323 e. The molecule has 0 radical (unpaired) electrons. The van der Waals surface area contributed by atoms with Gasteiger partial charge in [0.25, 0.3) is 0 Å². The Kier molecular flexibility index (Phi) is 3.87. The van der Waals surface area contributed by atoms with Crippen molar-refractivity contribution in [2.24, 2.45) is 0 Å². The average molecular weight is 310 g/mol. The number of nitrogens with zero attached hydrogens (tertiary/aromatic N) is 3. The van der Waals surface area contributed by atoms with Crippen LogP contribution < -0.4 is 0 Å². The lowest BCUT2D eigenvalue weighted by Gasteiger charge is -2.08. The van der Waals surface area contributed by atoms with E-state index in [1.807, 2.05) is 24.3 Å². The summed E-state index contributed by atoms with van der Waals surface area (Å²) in [6.07, 6.45) is 0.457. The maximum absolute atomic E-state index is 8.93. The van der Waals surface area contributed by atoms with Crippen molar-refractivity contribution in [3.63, 3.8) is 0 Å². The highest BCUT2D eigenvalue weighted by molar-refractivity contribution is 6.30. The summed E-state index contributed by atoms with van der Waals surface area (Å²) in [5.41, 5.74) is 5.50. The molecule has 3 nitrogen and oxygen atoms in total. The first-order valence-electron chi connectivity index (χ1n) is 7.20. The molecule has 3 aromatic rings. The number of aromatic nitrogens is 2. The molecule has 3 rings (SSSR count). The van der Waals surface area contributed by atoms with Crippen LogP contribution in [0.1, 0.15) is 17.5 Å². The molecule has 4 heteroatoms. The van der Waals surface area contributed by atoms with Crippen LogP contribution in [0.25, 0.3) is 22.4 Å². The lowest BCUT2D eigenvalue weighted by Crippen LogP contribution is -2.00. The summed E-state index contributed by atoms with van der Waals surface area (Å²) < 4.78 is 2.12. The molecule has 2 aromatic carbocycles. The van der Waals surface area contributed by atoms with E-state index in [2.05, 4.69) is 36.6 Å². The Balaban J connectivity index is 2.23. The Bertz CT molecular complexity index is 870. The van der Waals surface area contributed by atoms with Gasteiger partial charge in [-0.2, -0.15) is 5.26 Å². The number of halogens is 1. The van der Waals surface area contributed by atoms with Crippen molar-refractivity contribution in [2.45, 2.75) is 26.8 Å². The quantitative estimate of drug-likeness (QED) is 0.691. The van der Waals surface area contributed by atoms with Crippen molar-refractivity contribution in [3.8, 4) is 17.5 Å². The van der Waals surface area contributed by atoms with E-state index in [1.165, 1.54) is 11.1 Å². The normalized spacial score (nSPS) is 10.8. The monoisotopic (exact) mass is 309 g/mol. The fourth-order valence-corrected chi connectivity index (χ4v) is 2.71. The van der Waals surface area contributed by atoms with Crippen molar-refractivity contribution < 1.29 is 0 Å². The van der Waals surface area contributed by atoms with Crippen LogP contribution in [0.3, 0.4) is 0 Å². The first-order chi connectivity index (χ1) is 10.6. The zero-order chi connectivity index (χ0) is 15.7. The SMILES string of the molecule is Cc1cc2nc(-c3ccc(Cl)cc3)n(CCC#N)c2cc1C. The minimum absolute atomic E-state index is 0.457. The molecule has 110 valence electrons. The van der Waals surface area contributed by atoms with E-state index in [0.29, 0.717) is 18.0 Å². The Morgan fingerprint density at radius 1 is 1.14 bits per heavy atom. The van der Waals surface area contributed by atoms with E-state index in [1.54, 1.807) is 0 Å². The topological polar surface area (TPSA) is 41.6 Å². The molecule has 0 aliphatic rings. The number of benzene rings is 2. The second kappa shape index (κ2) is 5.82. The number of hydrogen-bond acceptors (Lipinski definition) is 2. The zero-order valence-corrected chi connectivity index (χ0v) is 13.4. The van der Waals surface area contributed by atoms with Gasteiger partial charge in [-0.25, -0.2) is 4.98 Å². The van der Waals surface area contributed by atoms with Gasteiger partial charge in [0.15, 0.2) is 0 Å². The van der Waals surface area contributed by atoms with E-state index < -0.39 is 0 Å². The number of aryl methyl sites for hydroxylation is 3. The molecule has 0 saturated carbocycles. The summed E-state index contributed by atoms with van der Waals surface area (Å²) in [6.45, 7) is 4.82. The average Bonchev–Trinajstić information content (AvgIpc) is 2.84. The molecule has 0 fully saturated rings. The third-order valence-corrected chi connectivity index (χ3v) is 4.17. The first kappa shape index (κ1) is 14.6. The van der Waals surface area contributed by atoms with Gasteiger partial charge in [-0.1, -0.05) is 11.6 Å². The van der Waals surface area contributed by atoms with Crippen molar-refractivity contribution in [1.29, 1.82) is 5.26 Å². The number of fused-ring (bicyclic) bond motifs is 1. The summed E-state index contributed by atoms with van der Waals surface area (Å²) in [5, 5.41) is 9.64. The van der Waals surface area contributed by atoms with Gasteiger partial charge < -0.3 is 4.57 Å². The summed E-state index contributed by atoms with van der Waals surface area (Å²) in [6, 6.07) is 14.1. The first-order valence-corrected chi connectivity index (χ1v) is 7.58. The van der Waals surface area contributed by atoms with Gasteiger partial charge in [0.1, 0.15) is 5.82 Å². The molecule has 0 aliphatic carbocycles. The number of hydrogen-bond donors (Lipinski definition) is 0. The highest BCUT2D eigenvalue weighted by Crippen LogP contribution is 2.28. The molecule has 0 spiro atoms. The third kappa shape index (κ3) is 2.58. The van der Waals surface area contributed by atoms with Crippen LogP contribution in [-0.4, -0.2) is 9.55 Å². The molecule has 0 aliphatic heterocycles. The standard InChI is InChI=1S/C18H16ClN3/c1-12-10-16-17(11-13(12)2)22(9-3-8-20)18(21-16)14-4-6-15(19)7-5-14/h4-7,10-11H,3,9H2,1-2H3. The van der Waals surface area contributed by atoms with Crippen LogP contribution in [0.15, 0.2) is 36.4 Å². The summed E-state index contributed by atoms with van der Waals surface area (Å²) in [4.78, 5) is 4.78. The summed E-state index contributed by atoms with van der Waals surface area (Å²) in [5.74, 6) is 0.881. The Morgan fingerprint density at radius 2 is 1.82 bits per heavy atom. The smallest absolute Gasteiger partial charge is 0.141 e. The number of imidazole rings is 1.